The number of carbonyl (C=O) groups excluding carboxylic acids is 2. The highest BCUT2D eigenvalue weighted by atomic mass is 16.5. The summed E-state index contributed by atoms with van der Waals surface area (Å²) in [7, 11) is 0. The van der Waals surface area contributed by atoms with Crippen molar-refractivity contribution in [2.24, 2.45) is 5.92 Å². The Bertz CT molecular complexity index is 1380. The Labute approximate surface area is 196 Å². The minimum absolute atomic E-state index is 0.151. The highest BCUT2D eigenvalue weighted by molar-refractivity contribution is 5.86. The molecule has 1 aliphatic heterocycles. The van der Waals surface area contributed by atoms with Gasteiger partial charge in [-0.05, 0) is 53.8 Å². The van der Waals surface area contributed by atoms with E-state index in [4.69, 9.17) is 5.21 Å². The van der Waals surface area contributed by atoms with Gasteiger partial charge in [0.2, 0.25) is 11.8 Å². The van der Waals surface area contributed by atoms with Gasteiger partial charge in [-0.1, -0.05) is 24.3 Å². The number of rotatable bonds is 6. The summed E-state index contributed by atoms with van der Waals surface area (Å²) >= 11 is 0. The van der Waals surface area contributed by atoms with Gasteiger partial charge in [0, 0.05) is 42.4 Å². The lowest BCUT2D eigenvalue weighted by molar-refractivity contribution is -0.133. The smallest absolute Gasteiger partial charge is 0.249 e. The fourth-order valence-electron chi connectivity index (χ4n) is 4.84. The largest absolute Gasteiger partial charge is 0.351 e. The number of aromatic nitrogens is 2. The molecule has 174 valence electrons. The fourth-order valence-corrected chi connectivity index (χ4v) is 4.84. The van der Waals surface area contributed by atoms with Gasteiger partial charge in [0.05, 0.1) is 23.9 Å². The van der Waals surface area contributed by atoms with E-state index in [-0.39, 0.29) is 18.4 Å². The zero-order valence-electron chi connectivity index (χ0n) is 18.9. The Balaban J connectivity index is 1.32. The maximum absolute atomic E-state index is 12.6. The number of aryl methyl sites for hydroxylation is 1. The van der Waals surface area contributed by atoms with Gasteiger partial charge in [-0.15, -0.1) is 0 Å². The van der Waals surface area contributed by atoms with Crippen molar-refractivity contribution in [1.82, 2.24) is 25.7 Å². The lowest BCUT2D eigenvalue weighted by atomic mass is 10.0. The summed E-state index contributed by atoms with van der Waals surface area (Å²) in [5, 5.41) is 17.1. The van der Waals surface area contributed by atoms with E-state index < -0.39 is 11.8 Å². The van der Waals surface area contributed by atoms with E-state index in [1.54, 1.807) is 5.48 Å². The summed E-state index contributed by atoms with van der Waals surface area (Å²) in [5.41, 5.74) is 6.89. The first-order valence-electron chi connectivity index (χ1n) is 11.4. The zero-order chi connectivity index (χ0) is 23.7. The number of nitrogens with one attached hydrogen (secondary N) is 3. The minimum Gasteiger partial charge on any atom is -0.351 e. The number of nitrogens with zero attached hydrogens (tertiary/aromatic N) is 2. The molecule has 8 nitrogen and oxygen atoms in total. The van der Waals surface area contributed by atoms with Crippen LogP contribution in [0.1, 0.15) is 16.8 Å². The van der Waals surface area contributed by atoms with Crippen molar-refractivity contribution in [3.8, 4) is 0 Å². The molecule has 2 aromatic heterocycles. The number of hydroxylamine groups is 1. The molecule has 4 N–H and O–H groups in total. The van der Waals surface area contributed by atoms with Crippen LogP contribution in [-0.2, 0) is 22.6 Å². The molecule has 0 aliphatic carbocycles. The average molecular weight is 458 g/mol. The highest BCUT2D eigenvalue weighted by Gasteiger charge is 2.33. The van der Waals surface area contributed by atoms with Crippen molar-refractivity contribution in [3.63, 3.8) is 0 Å². The number of pyridine rings is 1. The standard InChI is InChI=1S/C26H27N5O3/c1-16-10-19(20-4-2-3-5-22(20)28-16)15-31-9-8-18-11-17(6-7-24(18)31)12-25(32)29-23-14-27-13-21(23)26(33)30-34/h2-11,21,23,27,34H,12-15H2,1H3,(H,29,32)(H,30,33). The molecule has 1 fully saturated rings. The summed E-state index contributed by atoms with van der Waals surface area (Å²) in [6, 6.07) is 18.1. The van der Waals surface area contributed by atoms with E-state index in [9.17, 15) is 9.59 Å². The summed E-state index contributed by atoms with van der Waals surface area (Å²) in [6.45, 7) is 3.66. The molecule has 2 aromatic carbocycles. The molecule has 5 rings (SSSR count). The van der Waals surface area contributed by atoms with E-state index in [0.29, 0.717) is 13.1 Å². The van der Waals surface area contributed by atoms with Gasteiger partial charge < -0.3 is 15.2 Å². The number of amides is 2. The number of para-hydroxylation sites is 1. The number of benzene rings is 2. The molecule has 1 aliphatic rings. The molecule has 0 bridgehead atoms. The van der Waals surface area contributed by atoms with Gasteiger partial charge in [0.15, 0.2) is 0 Å². The number of fused-ring (bicyclic) bond motifs is 2. The predicted octanol–water partition coefficient (Wildman–Crippen LogP) is 2.30. The van der Waals surface area contributed by atoms with E-state index in [1.165, 1.54) is 5.56 Å². The average Bonchev–Trinajstić information content (AvgIpc) is 3.45. The highest BCUT2D eigenvalue weighted by Crippen LogP contribution is 2.23. The van der Waals surface area contributed by atoms with E-state index >= 15 is 0 Å². The third-order valence-electron chi connectivity index (χ3n) is 6.48. The molecule has 3 heterocycles. The van der Waals surface area contributed by atoms with Crippen LogP contribution in [0.4, 0.5) is 0 Å². The van der Waals surface area contributed by atoms with Crippen LogP contribution in [0.15, 0.2) is 60.8 Å². The normalized spacial score (nSPS) is 17.8. The topological polar surface area (TPSA) is 108 Å². The lowest BCUT2D eigenvalue weighted by Crippen LogP contribution is -2.46. The Hall–Kier alpha value is -3.75. The molecule has 2 atom stereocenters. The first-order valence-corrected chi connectivity index (χ1v) is 11.4. The van der Waals surface area contributed by atoms with Crippen molar-refractivity contribution in [2.45, 2.75) is 25.9 Å². The Kier molecular flexibility index (Phi) is 6.00. The van der Waals surface area contributed by atoms with Crippen LogP contribution in [0.2, 0.25) is 0 Å². The first-order chi connectivity index (χ1) is 16.5. The second kappa shape index (κ2) is 9.24. The second-order valence-corrected chi connectivity index (χ2v) is 8.87. The maximum atomic E-state index is 12.6. The molecule has 1 saturated heterocycles. The fraction of sp³-hybridized carbons (Fsp3) is 0.269. The number of hydrogen-bond acceptors (Lipinski definition) is 5. The number of hydrogen-bond donors (Lipinski definition) is 4. The van der Waals surface area contributed by atoms with Crippen molar-refractivity contribution in [1.29, 1.82) is 0 Å². The summed E-state index contributed by atoms with van der Waals surface area (Å²) < 4.78 is 2.21. The molecule has 0 radical (unpaired) electrons. The monoisotopic (exact) mass is 457 g/mol. The van der Waals surface area contributed by atoms with Gasteiger partial charge in [-0.2, -0.15) is 0 Å². The van der Waals surface area contributed by atoms with Gasteiger partial charge in [-0.25, -0.2) is 5.48 Å². The van der Waals surface area contributed by atoms with Crippen LogP contribution in [0, 0.1) is 12.8 Å². The quantitative estimate of drug-likeness (QED) is 0.263. The molecule has 4 aromatic rings. The van der Waals surface area contributed by atoms with Crippen LogP contribution in [0.25, 0.3) is 21.8 Å². The van der Waals surface area contributed by atoms with Crippen LogP contribution in [0.5, 0.6) is 0 Å². The molecule has 0 spiro atoms. The predicted molar refractivity (Wildman–Crippen MR) is 129 cm³/mol. The molecular weight excluding hydrogens is 430 g/mol. The lowest BCUT2D eigenvalue weighted by Gasteiger charge is -2.18. The van der Waals surface area contributed by atoms with Gasteiger partial charge in [0.25, 0.3) is 0 Å². The third-order valence-corrected chi connectivity index (χ3v) is 6.48. The van der Waals surface area contributed by atoms with Crippen molar-refractivity contribution < 1.29 is 14.8 Å². The summed E-state index contributed by atoms with van der Waals surface area (Å²) in [5.74, 6) is -1.13. The number of carbonyl (C=O) groups is 2. The Morgan fingerprint density at radius 2 is 2.00 bits per heavy atom. The Morgan fingerprint density at radius 3 is 2.85 bits per heavy atom. The van der Waals surface area contributed by atoms with E-state index in [1.807, 2.05) is 43.3 Å². The molecular formula is C26H27N5O3. The third kappa shape index (κ3) is 4.37. The van der Waals surface area contributed by atoms with Crippen LogP contribution in [-0.4, -0.2) is 45.7 Å². The van der Waals surface area contributed by atoms with Gasteiger partial charge in [0.1, 0.15) is 0 Å². The van der Waals surface area contributed by atoms with E-state index in [0.717, 1.165) is 39.6 Å². The first kappa shape index (κ1) is 22.1. The molecule has 2 unspecified atom stereocenters. The molecule has 2 amide bonds. The van der Waals surface area contributed by atoms with E-state index in [2.05, 4.69) is 44.6 Å². The maximum Gasteiger partial charge on any atom is 0.249 e. The van der Waals surface area contributed by atoms with Crippen molar-refractivity contribution in [2.75, 3.05) is 13.1 Å². The van der Waals surface area contributed by atoms with Gasteiger partial charge in [-0.3, -0.25) is 19.8 Å². The van der Waals surface area contributed by atoms with Gasteiger partial charge >= 0.3 is 0 Å². The zero-order valence-corrected chi connectivity index (χ0v) is 18.9. The van der Waals surface area contributed by atoms with Crippen LogP contribution in [0.3, 0.4) is 0 Å². The van der Waals surface area contributed by atoms with Crippen molar-refractivity contribution >= 4 is 33.6 Å². The molecule has 8 heteroatoms. The summed E-state index contributed by atoms with van der Waals surface area (Å²) in [4.78, 5) is 29.0. The Morgan fingerprint density at radius 1 is 1.15 bits per heavy atom. The summed E-state index contributed by atoms with van der Waals surface area (Å²) in [6.07, 6.45) is 2.29. The second-order valence-electron chi connectivity index (χ2n) is 8.87. The van der Waals surface area contributed by atoms with Crippen LogP contribution >= 0.6 is 0 Å². The molecule has 0 saturated carbocycles. The molecule has 34 heavy (non-hydrogen) atoms. The SMILES string of the molecule is Cc1cc(Cn2ccc3cc(CC(=O)NC4CNCC4C(=O)NO)ccc32)c2ccccc2n1. The van der Waals surface area contributed by atoms with Crippen molar-refractivity contribution in [3.05, 3.63) is 77.6 Å². The van der Waals surface area contributed by atoms with Crippen LogP contribution < -0.4 is 16.1 Å². The minimum atomic E-state index is -0.491.